The molecule has 0 aliphatic rings. The van der Waals surface area contributed by atoms with Crippen molar-refractivity contribution in [3.05, 3.63) is 21.3 Å². The first-order chi connectivity index (χ1) is 10.6. The summed E-state index contributed by atoms with van der Waals surface area (Å²) < 4.78 is 0. The van der Waals surface area contributed by atoms with Crippen molar-refractivity contribution in [1.82, 2.24) is 30.7 Å². The number of H-pyrrole nitrogens is 2. The first kappa shape index (κ1) is 16.1. The third-order valence-corrected chi connectivity index (χ3v) is 4.07. The van der Waals surface area contributed by atoms with Gasteiger partial charge in [0.15, 0.2) is 0 Å². The summed E-state index contributed by atoms with van der Waals surface area (Å²) in [5, 5.41) is 20.8. The van der Waals surface area contributed by atoms with Gasteiger partial charge >= 0.3 is 11.7 Å². The molecule has 2 aromatic rings. The molecule has 2 rings (SSSR count). The summed E-state index contributed by atoms with van der Waals surface area (Å²) in [4.78, 5) is 25.1. The Kier molecular flexibility index (Phi) is 5.64. The Hall–Kier alpha value is -2.23. The number of urea groups is 1. The van der Waals surface area contributed by atoms with Crippen LogP contribution in [0.15, 0.2) is 4.79 Å². The Morgan fingerprint density at radius 3 is 2.91 bits per heavy atom. The zero-order valence-corrected chi connectivity index (χ0v) is 13.3. The zero-order chi connectivity index (χ0) is 15.9. The van der Waals surface area contributed by atoms with Gasteiger partial charge in [-0.2, -0.15) is 5.10 Å². The second kappa shape index (κ2) is 7.69. The smallest absolute Gasteiger partial charge is 0.337 e. The van der Waals surface area contributed by atoms with Crippen molar-refractivity contribution < 1.29 is 4.79 Å². The standard InChI is InChI=1S/C12H19N7O2S/c1-3-4-7(2)9-17-19-12(22-9)15-10(20)13-6-5-8-14-11(21)18-16-8/h7H,3-6H2,1-2H3,(H2,13,15,19,20)(H2,14,16,18,21)/t7-/m1/s1. The van der Waals surface area contributed by atoms with Crippen LogP contribution in [-0.4, -0.2) is 38.0 Å². The van der Waals surface area contributed by atoms with Gasteiger partial charge in [-0.15, -0.1) is 10.2 Å². The zero-order valence-electron chi connectivity index (χ0n) is 12.5. The van der Waals surface area contributed by atoms with Gasteiger partial charge < -0.3 is 5.32 Å². The summed E-state index contributed by atoms with van der Waals surface area (Å²) in [6.07, 6.45) is 2.56. The lowest BCUT2D eigenvalue weighted by Gasteiger charge is -2.04. The van der Waals surface area contributed by atoms with Crippen LogP contribution >= 0.6 is 11.3 Å². The van der Waals surface area contributed by atoms with Crippen molar-refractivity contribution in [2.75, 3.05) is 11.9 Å². The van der Waals surface area contributed by atoms with Crippen molar-refractivity contribution in [3.8, 4) is 0 Å². The molecule has 1 atom stereocenters. The van der Waals surface area contributed by atoms with E-state index in [0.29, 0.717) is 29.8 Å². The molecule has 10 heteroatoms. The van der Waals surface area contributed by atoms with E-state index >= 15 is 0 Å². The molecule has 0 bridgehead atoms. The summed E-state index contributed by atoms with van der Waals surface area (Å²) in [5.41, 5.74) is -0.359. The Bertz CT molecular complexity index is 662. The number of aromatic amines is 2. The summed E-state index contributed by atoms with van der Waals surface area (Å²) in [6.45, 7) is 4.57. The number of amides is 2. The fourth-order valence-electron chi connectivity index (χ4n) is 1.90. The van der Waals surface area contributed by atoms with Crippen molar-refractivity contribution >= 4 is 22.5 Å². The lowest BCUT2D eigenvalue weighted by molar-refractivity contribution is 0.252. The molecule has 22 heavy (non-hydrogen) atoms. The number of carbonyl (C=O) groups is 1. The molecular weight excluding hydrogens is 306 g/mol. The minimum absolute atomic E-state index is 0.345. The molecule has 0 aliphatic heterocycles. The van der Waals surface area contributed by atoms with Crippen molar-refractivity contribution in [3.63, 3.8) is 0 Å². The maximum atomic E-state index is 11.7. The Balaban J connectivity index is 1.76. The molecular formula is C12H19N7O2S. The van der Waals surface area contributed by atoms with Gasteiger partial charge in [-0.1, -0.05) is 31.6 Å². The van der Waals surface area contributed by atoms with E-state index in [2.05, 4.69) is 49.9 Å². The van der Waals surface area contributed by atoms with Gasteiger partial charge in [-0.3, -0.25) is 10.3 Å². The summed E-state index contributed by atoms with van der Waals surface area (Å²) in [6, 6.07) is -0.358. The molecule has 2 amide bonds. The fourth-order valence-corrected chi connectivity index (χ4v) is 2.72. The average Bonchev–Trinajstić information content (AvgIpc) is 3.08. The van der Waals surface area contributed by atoms with E-state index in [1.807, 2.05) is 0 Å². The minimum atomic E-state index is -0.359. The van der Waals surface area contributed by atoms with E-state index in [0.717, 1.165) is 17.8 Å². The van der Waals surface area contributed by atoms with Crippen molar-refractivity contribution in [1.29, 1.82) is 0 Å². The van der Waals surface area contributed by atoms with Crippen LogP contribution in [0.25, 0.3) is 0 Å². The molecule has 0 saturated carbocycles. The highest BCUT2D eigenvalue weighted by Gasteiger charge is 2.12. The maximum Gasteiger partial charge on any atom is 0.340 e. The van der Waals surface area contributed by atoms with Crippen molar-refractivity contribution in [2.24, 2.45) is 0 Å². The highest BCUT2D eigenvalue weighted by molar-refractivity contribution is 7.15. The number of carbonyl (C=O) groups excluding carboxylic acids is 1. The SMILES string of the molecule is CCC[C@@H](C)c1nnc(NC(=O)NCCc2n[nH]c(=O)[nH]2)s1. The molecule has 120 valence electrons. The Labute approximate surface area is 130 Å². The second-order valence-electron chi connectivity index (χ2n) is 4.89. The predicted octanol–water partition coefficient (Wildman–Crippen LogP) is 1.22. The summed E-state index contributed by atoms with van der Waals surface area (Å²) >= 11 is 1.38. The van der Waals surface area contributed by atoms with Gasteiger partial charge in [-0.05, 0) is 6.42 Å². The monoisotopic (exact) mass is 325 g/mol. The first-order valence-corrected chi connectivity index (χ1v) is 7.92. The number of rotatable bonds is 7. The second-order valence-corrected chi connectivity index (χ2v) is 5.90. The normalized spacial score (nSPS) is 12.1. The van der Waals surface area contributed by atoms with Crippen LogP contribution in [0, 0.1) is 0 Å². The molecule has 0 fully saturated rings. The van der Waals surface area contributed by atoms with Crippen molar-refractivity contribution in [2.45, 2.75) is 39.0 Å². The maximum absolute atomic E-state index is 11.7. The number of hydrogen-bond acceptors (Lipinski definition) is 6. The Morgan fingerprint density at radius 1 is 1.41 bits per heavy atom. The number of nitrogens with one attached hydrogen (secondary N) is 4. The fraction of sp³-hybridized carbons (Fsp3) is 0.583. The van der Waals surface area contributed by atoms with E-state index in [1.54, 1.807) is 0 Å². The molecule has 0 aliphatic carbocycles. The topological polar surface area (TPSA) is 128 Å². The lowest BCUT2D eigenvalue weighted by atomic mass is 10.1. The van der Waals surface area contributed by atoms with Crippen LogP contribution < -0.4 is 16.3 Å². The van der Waals surface area contributed by atoms with Gasteiger partial charge in [0.2, 0.25) is 5.13 Å². The van der Waals surface area contributed by atoms with E-state index < -0.39 is 0 Å². The molecule has 4 N–H and O–H groups in total. The molecule has 2 heterocycles. The quantitative estimate of drug-likeness (QED) is 0.608. The first-order valence-electron chi connectivity index (χ1n) is 7.10. The Morgan fingerprint density at radius 2 is 2.23 bits per heavy atom. The van der Waals surface area contributed by atoms with E-state index in [9.17, 15) is 9.59 Å². The number of aromatic nitrogens is 5. The summed E-state index contributed by atoms with van der Waals surface area (Å²) in [5.74, 6) is 0.842. The van der Waals surface area contributed by atoms with Crippen LogP contribution in [0.3, 0.4) is 0 Å². The molecule has 2 aromatic heterocycles. The predicted molar refractivity (Wildman–Crippen MR) is 83.2 cm³/mol. The molecule has 0 unspecified atom stereocenters. The van der Waals surface area contributed by atoms with Crippen LogP contribution in [0.4, 0.5) is 9.93 Å². The third kappa shape index (κ3) is 4.65. The largest absolute Gasteiger partial charge is 0.340 e. The third-order valence-electron chi connectivity index (χ3n) is 3.00. The van der Waals surface area contributed by atoms with E-state index in [-0.39, 0.29) is 11.7 Å². The van der Waals surface area contributed by atoms with Gasteiger partial charge in [0.05, 0.1) is 0 Å². The average molecular weight is 325 g/mol. The van der Waals surface area contributed by atoms with Crippen LogP contribution in [-0.2, 0) is 6.42 Å². The van der Waals surface area contributed by atoms with Gasteiger partial charge in [0.25, 0.3) is 0 Å². The lowest BCUT2D eigenvalue weighted by Crippen LogP contribution is -2.30. The number of nitrogens with zero attached hydrogens (tertiary/aromatic N) is 3. The number of anilines is 1. The molecule has 0 spiro atoms. The molecule has 0 aromatic carbocycles. The molecule has 0 radical (unpaired) electrons. The van der Waals surface area contributed by atoms with Gasteiger partial charge in [-0.25, -0.2) is 14.7 Å². The van der Waals surface area contributed by atoms with E-state index in [4.69, 9.17) is 0 Å². The summed E-state index contributed by atoms with van der Waals surface area (Å²) in [7, 11) is 0. The van der Waals surface area contributed by atoms with Gasteiger partial charge in [0, 0.05) is 18.9 Å². The van der Waals surface area contributed by atoms with Gasteiger partial charge in [0.1, 0.15) is 10.8 Å². The van der Waals surface area contributed by atoms with E-state index in [1.165, 1.54) is 11.3 Å². The highest BCUT2D eigenvalue weighted by atomic mass is 32.1. The van der Waals surface area contributed by atoms with Crippen LogP contribution in [0.5, 0.6) is 0 Å². The molecule has 9 nitrogen and oxygen atoms in total. The minimum Gasteiger partial charge on any atom is -0.337 e. The number of hydrogen-bond donors (Lipinski definition) is 4. The van der Waals surface area contributed by atoms with Crippen LogP contribution in [0.2, 0.25) is 0 Å². The van der Waals surface area contributed by atoms with Crippen LogP contribution in [0.1, 0.15) is 43.4 Å². The molecule has 0 saturated heterocycles. The highest BCUT2D eigenvalue weighted by Crippen LogP contribution is 2.26.